The molecule has 0 aliphatic carbocycles. The van der Waals surface area contributed by atoms with Crippen molar-refractivity contribution in [2.75, 3.05) is 20.3 Å². The minimum Gasteiger partial charge on any atom is -0.497 e. The number of hydrogen-bond acceptors (Lipinski definition) is 4. The first-order chi connectivity index (χ1) is 9.65. The molecule has 1 aromatic rings. The molecule has 106 valence electrons. The Balaban J connectivity index is 2.31. The maximum absolute atomic E-state index is 11.9. The molecule has 2 amide bonds. The summed E-state index contributed by atoms with van der Waals surface area (Å²) in [5.74, 6) is -0.273. The normalized spacial score (nSPS) is 18.0. The molecule has 0 saturated carbocycles. The molecule has 20 heavy (non-hydrogen) atoms. The van der Waals surface area contributed by atoms with Crippen molar-refractivity contribution >= 4 is 17.7 Å². The number of ether oxygens (including phenoxy) is 2. The van der Waals surface area contributed by atoms with Crippen LogP contribution >= 0.6 is 0 Å². The number of nitrogens with zero attached hydrogens (tertiary/aromatic N) is 1. The fourth-order valence-corrected chi connectivity index (χ4v) is 1.98. The third-order valence-electron chi connectivity index (χ3n) is 2.97. The van der Waals surface area contributed by atoms with Crippen LogP contribution in [0.25, 0.3) is 0 Å². The molecule has 0 saturated heterocycles. The number of methoxy groups -OCH3 is 1. The van der Waals surface area contributed by atoms with Gasteiger partial charge in [-0.05, 0) is 36.8 Å². The van der Waals surface area contributed by atoms with Crippen molar-refractivity contribution in [1.29, 1.82) is 0 Å². The number of urea groups is 1. The van der Waals surface area contributed by atoms with Crippen LogP contribution in [0.5, 0.6) is 5.75 Å². The highest BCUT2D eigenvalue weighted by molar-refractivity contribution is 6.16. The summed E-state index contributed by atoms with van der Waals surface area (Å²) in [6.07, 6.45) is 0. The van der Waals surface area contributed by atoms with Crippen LogP contribution in [0.2, 0.25) is 0 Å². The van der Waals surface area contributed by atoms with Gasteiger partial charge in [-0.1, -0.05) is 0 Å². The Hall–Kier alpha value is -2.37. The van der Waals surface area contributed by atoms with Crippen LogP contribution in [0.4, 0.5) is 4.79 Å². The summed E-state index contributed by atoms with van der Waals surface area (Å²) < 4.78 is 10.1. The Morgan fingerprint density at radius 3 is 2.70 bits per heavy atom. The third-order valence-corrected chi connectivity index (χ3v) is 2.97. The molecule has 6 nitrogen and oxygen atoms in total. The number of esters is 1. The Bertz CT molecular complexity index is 537. The molecule has 0 radical (unpaired) electrons. The quantitative estimate of drug-likeness (QED) is 0.843. The first-order valence-electron chi connectivity index (χ1n) is 6.33. The summed E-state index contributed by atoms with van der Waals surface area (Å²) in [6.45, 7) is 2.23. The van der Waals surface area contributed by atoms with Gasteiger partial charge >= 0.3 is 12.0 Å². The second-order valence-electron chi connectivity index (χ2n) is 4.22. The summed E-state index contributed by atoms with van der Waals surface area (Å²) in [5, 5.41) is 2.54. The molecule has 1 aliphatic rings. The van der Waals surface area contributed by atoms with Crippen molar-refractivity contribution in [2.45, 2.75) is 6.92 Å². The largest absolute Gasteiger partial charge is 0.497 e. The summed E-state index contributed by atoms with van der Waals surface area (Å²) in [6, 6.07) is 6.60. The van der Waals surface area contributed by atoms with E-state index < -0.39 is 11.9 Å². The van der Waals surface area contributed by atoms with Gasteiger partial charge in [0.05, 0.1) is 19.4 Å². The average Bonchev–Trinajstić information content (AvgIpc) is 2.47. The van der Waals surface area contributed by atoms with E-state index >= 15 is 0 Å². The van der Waals surface area contributed by atoms with Crippen LogP contribution in [-0.2, 0) is 9.53 Å². The van der Waals surface area contributed by atoms with E-state index in [1.165, 1.54) is 0 Å². The number of carbonyl (C=O) groups excluding carboxylic acids is 2. The number of rotatable bonds is 4. The van der Waals surface area contributed by atoms with E-state index in [0.717, 1.165) is 0 Å². The number of carbonyl (C=O) groups is 2. The lowest BCUT2D eigenvalue weighted by Crippen LogP contribution is -2.42. The van der Waals surface area contributed by atoms with Crippen molar-refractivity contribution in [3.63, 3.8) is 0 Å². The van der Waals surface area contributed by atoms with E-state index in [2.05, 4.69) is 10.3 Å². The summed E-state index contributed by atoms with van der Waals surface area (Å²) in [5.41, 5.74) is 1.13. The predicted molar refractivity (Wildman–Crippen MR) is 73.1 cm³/mol. The van der Waals surface area contributed by atoms with E-state index in [1.54, 1.807) is 38.3 Å². The molecule has 1 N–H and O–H groups in total. The van der Waals surface area contributed by atoms with E-state index in [9.17, 15) is 9.59 Å². The zero-order chi connectivity index (χ0) is 14.5. The zero-order valence-corrected chi connectivity index (χ0v) is 11.4. The molecule has 0 bridgehead atoms. The van der Waals surface area contributed by atoms with Gasteiger partial charge in [-0.25, -0.2) is 4.79 Å². The lowest BCUT2D eigenvalue weighted by Gasteiger charge is -2.22. The molecule has 6 heteroatoms. The molecule has 1 aromatic carbocycles. The first-order valence-corrected chi connectivity index (χ1v) is 6.33. The van der Waals surface area contributed by atoms with Crippen molar-refractivity contribution < 1.29 is 19.1 Å². The van der Waals surface area contributed by atoms with Gasteiger partial charge < -0.3 is 14.8 Å². The molecule has 1 aliphatic heterocycles. The summed E-state index contributed by atoms with van der Waals surface area (Å²) >= 11 is 0. The monoisotopic (exact) mass is 276 g/mol. The Morgan fingerprint density at radius 1 is 1.40 bits per heavy atom. The van der Waals surface area contributed by atoms with Crippen molar-refractivity contribution in [1.82, 2.24) is 5.32 Å². The maximum Gasteiger partial charge on any atom is 0.341 e. The molecule has 0 aromatic heterocycles. The van der Waals surface area contributed by atoms with Gasteiger partial charge in [0, 0.05) is 6.54 Å². The number of amides is 2. The van der Waals surface area contributed by atoms with Crippen molar-refractivity contribution in [2.24, 2.45) is 10.9 Å². The Morgan fingerprint density at radius 2 is 2.10 bits per heavy atom. The first kappa shape index (κ1) is 14.0. The topological polar surface area (TPSA) is 77.0 Å². The average molecular weight is 276 g/mol. The van der Waals surface area contributed by atoms with Gasteiger partial charge in [0.25, 0.3) is 0 Å². The van der Waals surface area contributed by atoms with Crippen LogP contribution < -0.4 is 10.1 Å². The van der Waals surface area contributed by atoms with Gasteiger partial charge in [0.2, 0.25) is 0 Å². The highest BCUT2D eigenvalue weighted by Gasteiger charge is 2.31. The van der Waals surface area contributed by atoms with E-state index in [0.29, 0.717) is 23.6 Å². The van der Waals surface area contributed by atoms with Crippen LogP contribution in [-0.4, -0.2) is 38.0 Å². The SMILES string of the molecule is CCOC(=O)C1CNC(=O)N=C1c1ccc(OC)cc1. The third kappa shape index (κ3) is 2.96. The minimum atomic E-state index is -0.582. The zero-order valence-electron chi connectivity index (χ0n) is 11.4. The highest BCUT2D eigenvalue weighted by Crippen LogP contribution is 2.18. The van der Waals surface area contributed by atoms with Gasteiger partial charge in [0.1, 0.15) is 11.7 Å². The number of nitrogens with one attached hydrogen (secondary N) is 1. The molecule has 1 heterocycles. The summed E-state index contributed by atoms with van der Waals surface area (Å²) in [7, 11) is 1.57. The second-order valence-corrected chi connectivity index (χ2v) is 4.22. The highest BCUT2D eigenvalue weighted by atomic mass is 16.5. The minimum absolute atomic E-state index is 0.197. The molecule has 1 unspecified atom stereocenters. The van der Waals surface area contributed by atoms with Gasteiger partial charge in [0.15, 0.2) is 0 Å². The molecule has 1 atom stereocenters. The van der Waals surface area contributed by atoms with Gasteiger partial charge in [-0.15, -0.1) is 0 Å². The van der Waals surface area contributed by atoms with Crippen molar-refractivity contribution in [3.05, 3.63) is 29.8 Å². The molecular formula is C14H16N2O4. The van der Waals surface area contributed by atoms with Crippen LogP contribution in [0.3, 0.4) is 0 Å². The van der Waals surface area contributed by atoms with Crippen LogP contribution in [0.15, 0.2) is 29.3 Å². The lowest BCUT2D eigenvalue weighted by molar-refractivity contribution is -0.145. The standard InChI is InChI=1S/C14H16N2O4/c1-3-20-13(17)11-8-15-14(18)16-12(11)9-4-6-10(19-2)7-5-9/h4-7,11H,3,8H2,1-2H3,(H,15,18). The predicted octanol–water partition coefficient (Wildman–Crippen LogP) is 1.39. The number of hydrogen-bond donors (Lipinski definition) is 1. The maximum atomic E-state index is 11.9. The fourth-order valence-electron chi connectivity index (χ4n) is 1.98. The van der Waals surface area contributed by atoms with Crippen LogP contribution in [0, 0.1) is 5.92 Å². The molecule has 2 rings (SSSR count). The van der Waals surface area contributed by atoms with E-state index in [1.807, 2.05) is 0 Å². The fraction of sp³-hybridized carbons (Fsp3) is 0.357. The van der Waals surface area contributed by atoms with E-state index in [4.69, 9.17) is 9.47 Å². The second kappa shape index (κ2) is 6.18. The Kier molecular flexibility index (Phi) is 4.34. The molecular weight excluding hydrogens is 260 g/mol. The lowest BCUT2D eigenvalue weighted by atomic mass is 9.95. The summed E-state index contributed by atoms with van der Waals surface area (Å²) in [4.78, 5) is 27.3. The van der Waals surface area contributed by atoms with Crippen LogP contribution in [0.1, 0.15) is 12.5 Å². The smallest absolute Gasteiger partial charge is 0.341 e. The Labute approximate surface area is 116 Å². The van der Waals surface area contributed by atoms with E-state index in [-0.39, 0.29) is 12.5 Å². The van der Waals surface area contributed by atoms with Gasteiger partial charge in [-0.2, -0.15) is 4.99 Å². The number of benzene rings is 1. The van der Waals surface area contributed by atoms with Crippen molar-refractivity contribution in [3.8, 4) is 5.75 Å². The number of aliphatic imine (C=N–C) groups is 1. The van der Waals surface area contributed by atoms with Gasteiger partial charge in [-0.3, -0.25) is 4.79 Å². The molecule has 0 fully saturated rings. The molecule has 0 spiro atoms.